The van der Waals surface area contributed by atoms with Crippen LogP contribution in [0.2, 0.25) is 0 Å². The van der Waals surface area contributed by atoms with Crippen molar-refractivity contribution in [2.75, 3.05) is 5.32 Å². The molecule has 0 radical (unpaired) electrons. The molecule has 1 aromatic carbocycles. The SMILES string of the molecule is CCCCCc1csc(Nc2cccc(C(=O)O)c2)n1. The number of hydrogen-bond donors (Lipinski definition) is 2. The minimum absolute atomic E-state index is 0.273. The van der Waals surface area contributed by atoms with E-state index < -0.39 is 5.97 Å². The molecule has 0 saturated carbocycles. The van der Waals surface area contributed by atoms with Gasteiger partial charge < -0.3 is 10.4 Å². The van der Waals surface area contributed by atoms with E-state index in [1.54, 1.807) is 29.5 Å². The molecule has 0 saturated heterocycles. The molecule has 0 atom stereocenters. The van der Waals surface area contributed by atoms with Crippen LogP contribution in [0, 0.1) is 0 Å². The first kappa shape index (κ1) is 14.5. The Morgan fingerprint density at radius 3 is 3.00 bits per heavy atom. The molecular formula is C15H18N2O2S. The summed E-state index contributed by atoms with van der Waals surface area (Å²) in [6, 6.07) is 6.75. The summed E-state index contributed by atoms with van der Waals surface area (Å²) in [5.41, 5.74) is 2.12. The van der Waals surface area contributed by atoms with E-state index in [-0.39, 0.29) is 5.56 Å². The van der Waals surface area contributed by atoms with Crippen molar-refractivity contribution < 1.29 is 9.90 Å². The summed E-state index contributed by atoms with van der Waals surface area (Å²) in [5, 5.41) is 15.0. The lowest BCUT2D eigenvalue weighted by atomic mass is 10.2. The number of carboxylic acid groups (broad SMARTS) is 1. The van der Waals surface area contributed by atoms with Crippen molar-refractivity contribution in [1.29, 1.82) is 0 Å². The van der Waals surface area contributed by atoms with E-state index in [4.69, 9.17) is 5.11 Å². The third-order valence-electron chi connectivity index (χ3n) is 2.95. The summed E-state index contributed by atoms with van der Waals surface area (Å²) in [4.78, 5) is 15.4. The quantitative estimate of drug-likeness (QED) is 0.746. The molecule has 0 aliphatic rings. The Balaban J connectivity index is 1.99. The highest BCUT2D eigenvalue weighted by molar-refractivity contribution is 7.13. The maximum absolute atomic E-state index is 10.9. The topological polar surface area (TPSA) is 62.2 Å². The number of aromatic nitrogens is 1. The molecule has 20 heavy (non-hydrogen) atoms. The van der Waals surface area contributed by atoms with Gasteiger partial charge in [-0.25, -0.2) is 9.78 Å². The molecule has 1 heterocycles. The first-order chi connectivity index (χ1) is 9.69. The molecule has 1 aromatic heterocycles. The van der Waals surface area contributed by atoms with Gasteiger partial charge in [-0.3, -0.25) is 0 Å². The highest BCUT2D eigenvalue weighted by Crippen LogP contribution is 2.22. The molecule has 0 aliphatic heterocycles. The van der Waals surface area contributed by atoms with Crippen LogP contribution in [0.15, 0.2) is 29.6 Å². The number of nitrogens with one attached hydrogen (secondary N) is 1. The number of hydrogen-bond acceptors (Lipinski definition) is 4. The van der Waals surface area contributed by atoms with Gasteiger partial charge in [-0.05, 0) is 31.0 Å². The van der Waals surface area contributed by atoms with Crippen molar-refractivity contribution >= 4 is 28.1 Å². The van der Waals surface area contributed by atoms with E-state index in [0.29, 0.717) is 0 Å². The third kappa shape index (κ3) is 4.06. The monoisotopic (exact) mass is 290 g/mol. The molecule has 0 unspecified atom stereocenters. The van der Waals surface area contributed by atoms with Crippen LogP contribution in [0.1, 0.15) is 42.2 Å². The lowest BCUT2D eigenvalue weighted by molar-refractivity contribution is 0.0697. The third-order valence-corrected chi connectivity index (χ3v) is 3.76. The minimum atomic E-state index is -0.923. The van der Waals surface area contributed by atoms with Crippen LogP contribution in [0.5, 0.6) is 0 Å². The van der Waals surface area contributed by atoms with E-state index >= 15 is 0 Å². The van der Waals surface area contributed by atoms with Gasteiger partial charge in [0, 0.05) is 11.1 Å². The lowest BCUT2D eigenvalue weighted by Crippen LogP contribution is -1.97. The number of benzene rings is 1. The van der Waals surface area contributed by atoms with Crippen LogP contribution in [0.3, 0.4) is 0 Å². The number of unbranched alkanes of at least 4 members (excludes halogenated alkanes) is 2. The average molecular weight is 290 g/mol. The zero-order valence-corrected chi connectivity index (χ0v) is 12.2. The lowest BCUT2D eigenvalue weighted by Gasteiger charge is -2.03. The van der Waals surface area contributed by atoms with E-state index in [9.17, 15) is 4.79 Å². The van der Waals surface area contributed by atoms with Crippen molar-refractivity contribution in [1.82, 2.24) is 4.98 Å². The fourth-order valence-electron chi connectivity index (χ4n) is 1.89. The molecule has 0 aliphatic carbocycles. The maximum atomic E-state index is 10.9. The molecule has 0 fully saturated rings. The van der Waals surface area contributed by atoms with E-state index in [1.807, 2.05) is 6.07 Å². The normalized spacial score (nSPS) is 10.4. The van der Waals surface area contributed by atoms with Crippen LogP contribution in [-0.2, 0) is 6.42 Å². The Bertz CT molecular complexity index is 581. The number of anilines is 2. The van der Waals surface area contributed by atoms with Crippen LogP contribution in [0.4, 0.5) is 10.8 Å². The first-order valence-corrected chi connectivity index (χ1v) is 7.62. The van der Waals surface area contributed by atoms with E-state index in [1.165, 1.54) is 12.8 Å². The van der Waals surface area contributed by atoms with E-state index in [0.717, 1.165) is 29.4 Å². The van der Waals surface area contributed by atoms with Crippen LogP contribution in [0.25, 0.3) is 0 Å². The van der Waals surface area contributed by atoms with Gasteiger partial charge in [0.05, 0.1) is 11.3 Å². The predicted molar refractivity (Wildman–Crippen MR) is 82.0 cm³/mol. The van der Waals surface area contributed by atoms with Crippen molar-refractivity contribution in [2.24, 2.45) is 0 Å². The second-order valence-electron chi connectivity index (χ2n) is 4.61. The minimum Gasteiger partial charge on any atom is -0.478 e. The molecule has 5 heteroatoms. The Morgan fingerprint density at radius 1 is 1.40 bits per heavy atom. The molecule has 0 spiro atoms. The largest absolute Gasteiger partial charge is 0.478 e. The Labute approximate surface area is 122 Å². The second kappa shape index (κ2) is 7.05. The second-order valence-corrected chi connectivity index (χ2v) is 5.47. The highest BCUT2D eigenvalue weighted by atomic mass is 32.1. The number of aromatic carboxylic acids is 1. The van der Waals surface area contributed by atoms with Crippen molar-refractivity contribution in [3.05, 3.63) is 40.9 Å². The van der Waals surface area contributed by atoms with Crippen LogP contribution >= 0.6 is 11.3 Å². The highest BCUT2D eigenvalue weighted by Gasteiger charge is 2.05. The molecule has 2 aromatic rings. The van der Waals surface area contributed by atoms with Gasteiger partial charge in [0.15, 0.2) is 5.13 Å². The van der Waals surface area contributed by atoms with Gasteiger partial charge in [0.25, 0.3) is 0 Å². The number of rotatable bonds is 7. The first-order valence-electron chi connectivity index (χ1n) is 6.74. The number of thiazole rings is 1. The van der Waals surface area contributed by atoms with Gasteiger partial charge in [-0.15, -0.1) is 11.3 Å². The van der Waals surface area contributed by atoms with Crippen LogP contribution < -0.4 is 5.32 Å². The molecule has 0 amide bonds. The van der Waals surface area contributed by atoms with Gasteiger partial charge in [0.2, 0.25) is 0 Å². The van der Waals surface area contributed by atoms with Gasteiger partial charge >= 0.3 is 5.97 Å². The average Bonchev–Trinajstić information content (AvgIpc) is 2.87. The summed E-state index contributed by atoms with van der Waals surface area (Å²) in [6.07, 6.45) is 4.59. The Morgan fingerprint density at radius 2 is 2.25 bits per heavy atom. The summed E-state index contributed by atoms with van der Waals surface area (Å²) >= 11 is 1.55. The zero-order valence-electron chi connectivity index (χ0n) is 11.4. The van der Waals surface area contributed by atoms with Crippen molar-refractivity contribution in [3.63, 3.8) is 0 Å². The van der Waals surface area contributed by atoms with Crippen molar-refractivity contribution in [3.8, 4) is 0 Å². The van der Waals surface area contributed by atoms with Gasteiger partial charge in [0.1, 0.15) is 0 Å². The predicted octanol–water partition coefficient (Wildman–Crippen LogP) is 4.32. The van der Waals surface area contributed by atoms with E-state index in [2.05, 4.69) is 22.6 Å². The van der Waals surface area contributed by atoms with Gasteiger partial charge in [-0.1, -0.05) is 25.8 Å². The smallest absolute Gasteiger partial charge is 0.335 e. The zero-order chi connectivity index (χ0) is 14.4. The molecular weight excluding hydrogens is 272 g/mol. The molecule has 4 nitrogen and oxygen atoms in total. The number of carboxylic acids is 1. The fraction of sp³-hybridized carbons (Fsp3) is 0.333. The number of aryl methyl sites for hydroxylation is 1. The number of nitrogens with zero attached hydrogens (tertiary/aromatic N) is 1. The fourth-order valence-corrected chi connectivity index (χ4v) is 2.65. The molecule has 2 rings (SSSR count). The molecule has 106 valence electrons. The standard InChI is InChI=1S/C15H18N2O2S/c1-2-3-4-7-13-10-20-15(17-13)16-12-8-5-6-11(9-12)14(18)19/h5-6,8-10H,2-4,7H2,1H3,(H,16,17)(H,18,19). The summed E-state index contributed by atoms with van der Waals surface area (Å²) in [5.74, 6) is -0.923. The summed E-state index contributed by atoms with van der Waals surface area (Å²) < 4.78 is 0. The Kier molecular flexibility index (Phi) is 5.12. The van der Waals surface area contributed by atoms with Gasteiger partial charge in [-0.2, -0.15) is 0 Å². The maximum Gasteiger partial charge on any atom is 0.335 e. The van der Waals surface area contributed by atoms with Crippen LogP contribution in [-0.4, -0.2) is 16.1 Å². The Hall–Kier alpha value is -1.88. The molecule has 2 N–H and O–H groups in total. The molecule has 0 bridgehead atoms. The summed E-state index contributed by atoms with van der Waals surface area (Å²) in [7, 11) is 0. The summed E-state index contributed by atoms with van der Waals surface area (Å²) in [6.45, 7) is 2.18. The number of carbonyl (C=O) groups is 1. The van der Waals surface area contributed by atoms with Crippen molar-refractivity contribution in [2.45, 2.75) is 32.6 Å².